The zero-order valence-corrected chi connectivity index (χ0v) is 14.0. The maximum absolute atomic E-state index is 12.3. The highest BCUT2D eigenvalue weighted by Gasteiger charge is 2.16. The van der Waals surface area contributed by atoms with Gasteiger partial charge in [0.05, 0.1) is 17.7 Å². The van der Waals surface area contributed by atoms with Gasteiger partial charge in [0.25, 0.3) is 0 Å². The van der Waals surface area contributed by atoms with Crippen LogP contribution in [0.4, 0.5) is 0 Å². The van der Waals surface area contributed by atoms with Crippen molar-refractivity contribution in [2.45, 2.75) is 32.1 Å². The molecule has 1 heterocycles. The Morgan fingerprint density at radius 2 is 2.00 bits per heavy atom. The van der Waals surface area contributed by atoms with E-state index >= 15 is 0 Å². The number of oxazole rings is 1. The summed E-state index contributed by atoms with van der Waals surface area (Å²) in [7, 11) is -2.00. The van der Waals surface area contributed by atoms with E-state index in [1.54, 1.807) is 33.1 Å². The molecule has 1 aromatic heterocycles. The third kappa shape index (κ3) is 3.66. The first kappa shape index (κ1) is 16.5. The van der Waals surface area contributed by atoms with Crippen LogP contribution in [0, 0.1) is 20.8 Å². The quantitative estimate of drug-likeness (QED) is 0.880. The van der Waals surface area contributed by atoms with Crippen molar-refractivity contribution in [3.63, 3.8) is 0 Å². The number of hydrogen-bond donors (Lipinski definition) is 1. The Bertz CT molecular complexity index is 766. The normalized spacial score (nSPS) is 11.6. The molecule has 0 aliphatic carbocycles. The van der Waals surface area contributed by atoms with Gasteiger partial charge in [0.1, 0.15) is 11.5 Å². The number of aromatic nitrogens is 1. The van der Waals surface area contributed by atoms with E-state index in [4.69, 9.17) is 9.15 Å². The Hall–Kier alpha value is -1.86. The SMILES string of the molecule is COc1ccc(S(=O)(=O)NCCc2oc(C)nc2C)cc1C. The molecule has 0 aliphatic heterocycles. The number of nitrogens with zero attached hydrogens (tertiary/aromatic N) is 1. The van der Waals surface area contributed by atoms with Crippen LogP contribution >= 0.6 is 0 Å². The number of nitrogens with one attached hydrogen (secondary N) is 1. The molecule has 22 heavy (non-hydrogen) atoms. The van der Waals surface area contributed by atoms with E-state index in [-0.39, 0.29) is 11.4 Å². The Balaban J connectivity index is 2.05. The first-order valence-electron chi connectivity index (χ1n) is 6.90. The van der Waals surface area contributed by atoms with Crippen LogP contribution in [-0.2, 0) is 16.4 Å². The highest BCUT2D eigenvalue weighted by molar-refractivity contribution is 7.89. The second-order valence-electron chi connectivity index (χ2n) is 5.02. The second-order valence-corrected chi connectivity index (χ2v) is 6.79. The smallest absolute Gasteiger partial charge is 0.240 e. The van der Waals surface area contributed by atoms with E-state index in [9.17, 15) is 8.42 Å². The monoisotopic (exact) mass is 324 g/mol. The number of aryl methyl sites for hydroxylation is 3. The topological polar surface area (TPSA) is 81.4 Å². The Kier molecular flexibility index (Phi) is 4.87. The molecule has 0 radical (unpaired) electrons. The van der Waals surface area contributed by atoms with E-state index in [0.717, 1.165) is 11.3 Å². The summed E-state index contributed by atoms with van der Waals surface area (Å²) >= 11 is 0. The van der Waals surface area contributed by atoms with Crippen molar-refractivity contribution >= 4 is 10.0 Å². The molecule has 0 fully saturated rings. The van der Waals surface area contributed by atoms with Crippen LogP contribution in [0.5, 0.6) is 5.75 Å². The molecule has 120 valence electrons. The molecule has 1 aromatic carbocycles. The molecule has 2 aromatic rings. The molecule has 0 unspecified atom stereocenters. The lowest BCUT2D eigenvalue weighted by atomic mass is 10.2. The minimum atomic E-state index is -3.55. The van der Waals surface area contributed by atoms with Crippen molar-refractivity contribution < 1.29 is 17.6 Å². The fraction of sp³-hybridized carbons (Fsp3) is 0.400. The van der Waals surface area contributed by atoms with Gasteiger partial charge in [-0.25, -0.2) is 18.1 Å². The lowest BCUT2D eigenvalue weighted by Crippen LogP contribution is -2.26. The van der Waals surface area contributed by atoms with E-state index in [0.29, 0.717) is 23.8 Å². The number of sulfonamides is 1. The Labute approximate surface area is 130 Å². The average Bonchev–Trinajstić information content (AvgIpc) is 2.76. The number of benzene rings is 1. The molecule has 6 nitrogen and oxygen atoms in total. The van der Waals surface area contributed by atoms with Gasteiger partial charge in [-0.15, -0.1) is 0 Å². The van der Waals surface area contributed by atoms with Gasteiger partial charge in [-0.3, -0.25) is 0 Å². The fourth-order valence-corrected chi connectivity index (χ4v) is 3.32. The fourth-order valence-electron chi connectivity index (χ4n) is 2.21. The Morgan fingerprint density at radius 3 is 2.55 bits per heavy atom. The van der Waals surface area contributed by atoms with E-state index in [2.05, 4.69) is 9.71 Å². The lowest BCUT2D eigenvalue weighted by molar-refractivity contribution is 0.411. The summed E-state index contributed by atoms with van der Waals surface area (Å²) < 4.78 is 37.7. The summed E-state index contributed by atoms with van der Waals surface area (Å²) in [5.41, 5.74) is 1.56. The van der Waals surface area contributed by atoms with Gasteiger partial charge in [0.15, 0.2) is 5.89 Å². The molecule has 0 aliphatic rings. The average molecular weight is 324 g/mol. The highest BCUT2D eigenvalue weighted by atomic mass is 32.2. The molecule has 2 rings (SSSR count). The van der Waals surface area contributed by atoms with Crippen molar-refractivity contribution in [2.24, 2.45) is 0 Å². The molecule has 7 heteroatoms. The number of ether oxygens (including phenoxy) is 1. The standard InChI is InChI=1S/C15H20N2O4S/c1-10-9-13(5-6-14(10)20-4)22(18,19)16-8-7-15-11(2)17-12(3)21-15/h5-6,9,16H,7-8H2,1-4H3. The van der Waals surface area contributed by atoms with Gasteiger partial charge in [-0.1, -0.05) is 0 Å². The second kappa shape index (κ2) is 6.50. The molecular weight excluding hydrogens is 304 g/mol. The maximum atomic E-state index is 12.3. The number of methoxy groups -OCH3 is 1. The molecule has 0 amide bonds. The molecule has 1 N–H and O–H groups in total. The van der Waals surface area contributed by atoms with E-state index in [1.807, 2.05) is 6.92 Å². The van der Waals surface area contributed by atoms with Gasteiger partial charge < -0.3 is 9.15 Å². The minimum absolute atomic E-state index is 0.219. The first-order chi connectivity index (χ1) is 10.3. The third-order valence-electron chi connectivity index (χ3n) is 3.32. The van der Waals surface area contributed by atoms with Crippen molar-refractivity contribution in [1.29, 1.82) is 0 Å². The van der Waals surface area contributed by atoms with E-state index in [1.165, 1.54) is 6.07 Å². The maximum Gasteiger partial charge on any atom is 0.240 e. The third-order valence-corrected chi connectivity index (χ3v) is 4.78. The van der Waals surface area contributed by atoms with Crippen LogP contribution in [0.3, 0.4) is 0 Å². The van der Waals surface area contributed by atoms with Crippen LogP contribution in [0.1, 0.15) is 22.9 Å². The van der Waals surface area contributed by atoms with Crippen molar-refractivity contribution in [2.75, 3.05) is 13.7 Å². The van der Waals surface area contributed by atoms with Crippen LogP contribution in [0.25, 0.3) is 0 Å². The molecule has 0 atom stereocenters. The molecule has 0 saturated carbocycles. The van der Waals surface area contributed by atoms with Crippen LogP contribution < -0.4 is 9.46 Å². The highest BCUT2D eigenvalue weighted by Crippen LogP contribution is 2.21. The van der Waals surface area contributed by atoms with Crippen LogP contribution in [0.15, 0.2) is 27.5 Å². The Morgan fingerprint density at radius 1 is 1.27 bits per heavy atom. The summed E-state index contributed by atoms with van der Waals surface area (Å²) in [6.07, 6.45) is 0.459. The molecular formula is C15H20N2O4S. The lowest BCUT2D eigenvalue weighted by Gasteiger charge is -2.09. The van der Waals surface area contributed by atoms with Gasteiger partial charge >= 0.3 is 0 Å². The number of rotatable bonds is 6. The zero-order chi connectivity index (χ0) is 16.3. The predicted octanol–water partition coefficient (Wildman–Crippen LogP) is 2.13. The summed E-state index contributed by atoms with van der Waals surface area (Å²) in [4.78, 5) is 4.38. The van der Waals surface area contributed by atoms with Crippen molar-refractivity contribution in [3.05, 3.63) is 41.1 Å². The predicted molar refractivity (Wildman–Crippen MR) is 82.6 cm³/mol. The van der Waals surface area contributed by atoms with Gasteiger partial charge in [0.2, 0.25) is 10.0 Å². The summed E-state index contributed by atoms with van der Waals surface area (Å²) in [6.45, 7) is 5.66. The largest absolute Gasteiger partial charge is 0.496 e. The van der Waals surface area contributed by atoms with Gasteiger partial charge in [-0.05, 0) is 37.6 Å². The zero-order valence-electron chi connectivity index (χ0n) is 13.1. The van der Waals surface area contributed by atoms with E-state index < -0.39 is 10.0 Å². The van der Waals surface area contributed by atoms with Gasteiger partial charge in [-0.2, -0.15) is 0 Å². The van der Waals surface area contributed by atoms with Crippen LogP contribution in [-0.4, -0.2) is 27.1 Å². The molecule has 0 saturated heterocycles. The van der Waals surface area contributed by atoms with Crippen molar-refractivity contribution in [3.8, 4) is 5.75 Å². The summed E-state index contributed by atoms with van der Waals surface area (Å²) in [6, 6.07) is 4.76. The number of hydrogen-bond acceptors (Lipinski definition) is 5. The minimum Gasteiger partial charge on any atom is -0.496 e. The summed E-state index contributed by atoms with van der Waals surface area (Å²) in [5, 5.41) is 0. The molecule has 0 spiro atoms. The van der Waals surface area contributed by atoms with Crippen molar-refractivity contribution in [1.82, 2.24) is 9.71 Å². The summed E-state index contributed by atoms with van der Waals surface area (Å²) in [5.74, 6) is 1.94. The van der Waals surface area contributed by atoms with Gasteiger partial charge in [0, 0.05) is 19.9 Å². The first-order valence-corrected chi connectivity index (χ1v) is 8.39. The van der Waals surface area contributed by atoms with Crippen LogP contribution in [0.2, 0.25) is 0 Å². The molecule has 0 bridgehead atoms.